The second-order valence-electron chi connectivity index (χ2n) is 5.97. The lowest BCUT2D eigenvalue weighted by Crippen LogP contribution is -2.25. The van der Waals surface area contributed by atoms with E-state index in [-0.39, 0.29) is 0 Å². The van der Waals surface area contributed by atoms with Crippen LogP contribution in [0.3, 0.4) is 0 Å². The van der Waals surface area contributed by atoms with Gasteiger partial charge in [-0.1, -0.05) is 24.3 Å². The Kier molecular flexibility index (Phi) is 5.51. The first-order valence-corrected chi connectivity index (χ1v) is 7.69. The van der Waals surface area contributed by atoms with Crippen molar-refractivity contribution >= 4 is 0 Å². The average Bonchev–Trinajstić information content (AvgIpc) is 2.90. The molecule has 0 aliphatic rings. The van der Waals surface area contributed by atoms with Crippen LogP contribution in [0.25, 0.3) is 0 Å². The lowest BCUT2D eigenvalue weighted by Gasteiger charge is -2.19. The molecule has 2 aromatic rings. The van der Waals surface area contributed by atoms with Gasteiger partial charge in [-0.05, 0) is 57.8 Å². The first-order chi connectivity index (χ1) is 10.1. The zero-order valence-electron chi connectivity index (χ0n) is 13.5. The highest BCUT2D eigenvalue weighted by Gasteiger charge is 2.16. The van der Waals surface area contributed by atoms with Crippen LogP contribution in [0.2, 0.25) is 0 Å². The molecule has 0 fully saturated rings. The summed E-state index contributed by atoms with van der Waals surface area (Å²) in [5, 5.41) is 7.65. The Morgan fingerprint density at radius 2 is 1.95 bits per heavy atom. The van der Waals surface area contributed by atoms with Crippen molar-refractivity contribution in [3.05, 3.63) is 47.5 Å². The summed E-state index contributed by atoms with van der Waals surface area (Å²) in [6.45, 7) is 7.46. The minimum Gasteiger partial charge on any atom is -0.319 e. The van der Waals surface area contributed by atoms with Crippen molar-refractivity contribution < 1.29 is 0 Å². The van der Waals surface area contributed by atoms with Gasteiger partial charge in [0.05, 0.1) is 0 Å². The normalized spacial score (nSPS) is 12.8. The van der Waals surface area contributed by atoms with Crippen LogP contribution in [0, 0.1) is 12.8 Å². The van der Waals surface area contributed by atoms with E-state index in [1.165, 1.54) is 11.1 Å². The summed E-state index contributed by atoms with van der Waals surface area (Å²) in [4.78, 5) is 4.45. The van der Waals surface area contributed by atoms with Crippen LogP contribution in [0.1, 0.15) is 36.8 Å². The Morgan fingerprint density at radius 3 is 2.62 bits per heavy atom. The van der Waals surface area contributed by atoms with Crippen molar-refractivity contribution in [1.82, 2.24) is 20.1 Å². The van der Waals surface area contributed by atoms with Crippen molar-refractivity contribution in [2.24, 2.45) is 5.92 Å². The molecule has 114 valence electrons. The fraction of sp³-hybridized carbons (Fsp3) is 0.529. The molecule has 0 radical (unpaired) electrons. The number of hydrogen-bond acceptors (Lipinski definition) is 3. The van der Waals surface area contributed by atoms with E-state index in [0.29, 0.717) is 12.0 Å². The van der Waals surface area contributed by atoms with Gasteiger partial charge in [0.2, 0.25) is 0 Å². The topological polar surface area (TPSA) is 42.7 Å². The number of nitrogens with one attached hydrogen (secondary N) is 1. The standard InChI is InChI=1S/C17H26N4/c1-13(2)21-17(19-12-20-21)10-15(11-18-4)9-16-8-6-5-7-14(16)3/h5-8,12-13,15,18H,9-11H2,1-4H3. The summed E-state index contributed by atoms with van der Waals surface area (Å²) in [6, 6.07) is 8.99. The van der Waals surface area contributed by atoms with E-state index in [0.717, 1.165) is 25.2 Å². The number of nitrogens with zero attached hydrogens (tertiary/aromatic N) is 3. The first kappa shape index (κ1) is 15.7. The summed E-state index contributed by atoms with van der Waals surface area (Å²) in [5.41, 5.74) is 2.79. The van der Waals surface area contributed by atoms with Gasteiger partial charge in [0.1, 0.15) is 12.2 Å². The van der Waals surface area contributed by atoms with Crippen molar-refractivity contribution in [1.29, 1.82) is 0 Å². The highest BCUT2D eigenvalue weighted by Crippen LogP contribution is 2.17. The fourth-order valence-corrected chi connectivity index (χ4v) is 2.77. The molecule has 0 aliphatic heterocycles. The molecular weight excluding hydrogens is 260 g/mol. The molecule has 1 aromatic heterocycles. The highest BCUT2D eigenvalue weighted by molar-refractivity contribution is 5.26. The molecule has 0 saturated heterocycles. The maximum absolute atomic E-state index is 4.45. The maximum Gasteiger partial charge on any atom is 0.138 e. The molecule has 0 amide bonds. The van der Waals surface area contributed by atoms with E-state index in [1.54, 1.807) is 6.33 Å². The van der Waals surface area contributed by atoms with Crippen molar-refractivity contribution in [2.45, 2.75) is 39.7 Å². The molecule has 1 aromatic carbocycles. The van der Waals surface area contributed by atoms with Gasteiger partial charge in [-0.25, -0.2) is 9.67 Å². The summed E-state index contributed by atoms with van der Waals surface area (Å²) in [6.07, 6.45) is 3.69. The third-order valence-corrected chi connectivity index (χ3v) is 3.87. The Labute approximate surface area is 127 Å². The van der Waals surface area contributed by atoms with Gasteiger partial charge in [0.25, 0.3) is 0 Å². The van der Waals surface area contributed by atoms with Gasteiger partial charge in [0, 0.05) is 12.5 Å². The van der Waals surface area contributed by atoms with E-state index in [2.05, 4.69) is 60.4 Å². The molecule has 1 atom stereocenters. The van der Waals surface area contributed by atoms with Crippen LogP contribution in [-0.2, 0) is 12.8 Å². The van der Waals surface area contributed by atoms with Crippen LogP contribution in [0.5, 0.6) is 0 Å². The Hall–Kier alpha value is -1.68. The third-order valence-electron chi connectivity index (χ3n) is 3.87. The van der Waals surface area contributed by atoms with Crippen molar-refractivity contribution in [3.8, 4) is 0 Å². The van der Waals surface area contributed by atoms with Crippen LogP contribution in [0.15, 0.2) is 30.6 Å². The zero-order valence-corrected chi connectivity index (χ0v) is 13.5. The molecule has 0 aliphatic carbocycles. The smallest absolute Gasteiger partial charge is 0.138 e. The van der Waals surface area contributed by atoms with Gasteiger partial charge < -0.3 is 5.32 Å². The van der Waals surface area contributed by atoms with Crippen molar-refractivity contribution in [3.63, 3.8) is 0 Å². The molecular formula is C17H26N4. The highest BCUT2D eigenvalue weighted by atomic mass is 15.3. The second kappa shape index (κ2) is 7.36. The van der Waals surface area contributed by atoms with Gasteiger partial charge in [0.15, 0.2) is 0 Å². The largest absolute Gasteiger partial charge is 0.319 e. The van der Waals surface area contributed by atoms with E-state index < -0.39 is 0 Å². The van der Waals surface area contributed by atoms with E-state index >= 15 is 0 Å². The predicted octanol–water partition coefficient (Wildman–Crippen LogP) is 2.79. The molecule has 0 saturated carbocycles. The Balaban J connectivity index is 2.12. The van der Waals surface area contributed by atoms with Gasteiger partial charge in [-0.15, -0.1) is 0 Å². The molecule has 21 heavy (non-hydrogen) atoms. The second-order valence-corrected chi connectivity index (χ2v) is 5.97. The molecule has 0 spiro atoms. The molecule has 1 unspecified atom stereocenters. The molecule has 4 nitrogen and oxygen atoms in total. The number of aromatic nitrogens is 3. The van der Waals surface area contributed by atoms with Gasteiger partial charge in [-0.3, -0.25) is 0 Å². The number of aryl methyl sites for hydroxylation is 1. The molecule has 0 bridgehead atoms. The fourth-order valence-electron chi connectivity index (χ4n) is 2.77. The summed E-state index contributed by atoms with van der Waals surface area (Å²) < 4.78 is 2.03. The molecule has 1 N–H and O–H groups in total. The SMILES string of the molecule is CNCC(Cc1ccccc1C)Cc1ncnn1C(C)C. The Morgan fingerprint density at radius 1 is 1.19 bits per heavy atom. The third kappa shape index (κ3) is 4.14. The maximum atomic E-state index is 4.45. The predicted molar refractivity (Wildman–Crippen MR) is 86.4 cm³/mol. The van der Waals surface area contributed by atoms with Crippen LogP contribution >= 0.6 is 0 Å². The summed E-state index contributed by atoms with van der Waals surface area (Å²) >= 11 is 0. The van der Waals surface area contributed by atoms with Crippen LogP contribution in [-0.4, -0.2) is 28.4 Å². The van der Waals surface area contributed by atoms with Crippen LogP contribution in [0.4, 0.5) is 0 Å². The van der Waals surface area contributed by atoms with Crippen LogP contribution < -0.4 is 5.32 Å². The molecule has 2 rings (SSSR count). The molecule has 1 heterocycles. The monoisotopic (exact) mass is 286 g/mol. The summed E-state index contributed by atoms with van der Waals surface area (Å²) in [5.74, 6) is 1.61. The number of benzene rings is 1. The zero-order chi connectivity index (χ0) is 15.2. The average molecular weight is 286 g/mol. The van der Waals surface area contributed by atoms with E-state index in [4.69, 9.17) is 0 Å². The lowest BCUT2D eigenvalue weighted by molar-refractivity contribution is 0.440. The number of hydrogen-bond donors (Lipinski definition) is 1. The Bertz CT molecular complexity index is 559. The number of rotatable bonds is 7. The minimum absolute atomic E-state index is 0.358. The van der Waals surface area contributed by atoms with E-state index in [9.17, 15) is 0 Å². The van der Waals surface area contributed by atoms with E-state index in [1.807, 2.05) is 11.7 Å². The summed E-state index contributed by atoms with van der Waals surface area (Å²) in [7, 11) is 2.01. The van der Waals surface area contributed by atoms with Gasteiger partial charge in [-0.2, -0.15) is 5.10 Å². The first-order valence-electron chi connectivity index (χ1n) is 7.69. The lowest BCUT2D eigenvalue weighted by atomic mass is 9.93. The molecule has 4 heteroatoms. The van der Waals surface area contributed by atoms with Crippen molar-refractivity contribution in [2.75, 3.05) is 13.6 Å². The van der Waals surface area contributed by atoms with Gasteiger partial charge >= 0.3 is 0 Å². The quantitative estimate of drug-likeness (QED) is 0.851. The minimum atomic E-state index is 0.358.